The minimum absolute atomic E-state index is 0.250. The Morgan fingerprint density at radius 3 is 2.22 bits per heavy atom. The molecule has 4 aromatic rings. The van der Waals surface area contributed by atoms with Gasteiger partial charge < -0.3 is 5.32 Å². The maximum absolute atomic E-state index is 13.7. The number of aryl methyl sites for hydroxylation is 1. The van der Waals surface area contributed by atoms with Crippen molar-refractivity contribution in [3.63, 3.8) is 0 Å². The van der Waals surface area contributed by atoms with E-state index in [1.165, 1.54) is 4.90 Å². The summed E-state index contributed by atoms with van der Waals surface area (Å²) in [6.07, 6.45) is 0. The number of nitrogens with zero attached hydrogens (tertiary/aromatic N) is 1. The average Bonchev–Trinajstić information content (AvgIpc) is 3.05. The molecule has 1 aliphatic rings. The van der Waals surface area contributed by atoms with Crippen LogP contribution in [0, 0.1) is 6.92 Å². The molecule has 1 N–H and O–H groups in total. The van der Waals surface area contributed by atoms with Crippen LogP contribution in [0.3, 0.4) is 0 Å². The predicted octanol–water partition coefficient (Wildman–Crippen LogP) is 6.20. The minimum Gasteiger partial charge on any atom is -0.350 e. The van der Waals surface area contributed by atoms with Gasteiger partial charge in [-0.1, -0.05) is 78.3 Å². The Kier molecular flexibility index (Phi) is 5.00. The molecule has 0 saturated carbocycles. The number of carbonyl (C=O) groups is 2. The quantitative estimate of drug-likeness (QED) is 0.386. The van der Waals surface area contributed by atoms with Gasteiger partial charge in [0.05, 0.1) is 11.3 Å². The van der Waals surface area contributed by atoms with Gasteiger partial charge in [0.25, 0.3) is 11.8 Å². The molecule has 156 valence electrons. The second-order valence-electron chi connectivity index (χ2n) is 7.64. The highest BCUT2D eigenvalue weighted by atomic mass is 35.5. The van der Waals surface area contributed by atoms with Crippen LogP contribution in [0.4, 0.5) is 11.4 Å². The number of hydrogen-bond donors (Lipinski definition) is 1. The van der Waals surface area contributed by atoms with Crippen molar-refractivity contribution >= 4 is 51.1 Å². The van der Waals surface area contributed by atoms with E-state index in [4.69, 9.17) is 11.6 Å². The van der Waals surface area contributed by atoms with E-state index in [2.05, 4.69) is 5.32 Å². The maximum Gasteiger partial charge on any atom is 0.282 e. The van der Waals surface area contributed by atoms with Gasteiger partial charge in [-0.3, -0.25) is 9.59 Å². The number of fused-ring (bicyclic) bond motifs is 1. The fourth-order valence-corrected chi connectivity index (χ4v) is 4.13. The SMILES string of the molecule is Cc1ccccc1NC1=C(c2ccc(Cl)cc2)C(=O)N(c2cccc3ccccc23)C1=O. The van der Waals surface area contributed by atoms with Crippen LogP contribution >= 0.6 is 11.6 Å². The van der Waals surface area contributed by atoms with Gasteiger partial charge in [0, 0.05) is 16.1 Å². The Morgan fingerprint density at radius 1 is 0.750 bits per heavy atom. The van der Waals surface area contributed by atoms with Gasteiger partial charge >= 0.3 is 0 Å². The van der Waals surface area contributed by atoms with Gasteiger partial charge in [-0.2, -0.15) is 0 Å². The van der Waals surface area contributed by atoms with Crippen LogP contribution in [-0.4, -0.2) is 11.8 Å². The number of carbonyl (C=O) groups excluding carboxylic acids is 2. The third-order valence-corrected chi connectivity index (χ3v) is 5.88. The third-order valence-electron chi connectivity index (χ3n) is 5.63. The Morgan fingerprint density at radius 2 is 1.44 bits per heavy atom. The van der Waals surface area contributed by atoms with E-state index in [-0.39, 0.29) is 17.5 Å². The molecule has 5 rings (SSSR count). The Labute approximate surface area is 190 Å². The molecule has 32 heavy (non-hydrogen) atoms. The summed E-state index contributed by atoms with van der Waals surface area (Å²) < 4.78 is 0. The largest absolute Gasteiger partial charge is 0.350 e. The molecule has 0 atom stereocenters. The van der Waals surface area contributed by atoms with Crippen LogP contribution < -0.4 is 10.2 Å². The number of para-hydroxylation sites is 1. The summed E-state index contributed by atoms with van der Waals surface area (Å²) in [6, 6.07) is 27.9. The minimum atomic E-state index is -0.389. The number of amides is 2. The Balaban J connectivity index is 1.68. The summed E-state index contributed by atoms with van der Waals surface area (Å²) in [5.41, 5.74) is 3.51. The standard InChI is InChI=1S/C27H19ClN2O2/c1-17-7-2-5-11-22(17)29-25-24(19-13-15-20(28)16-14-19)26(31)30(27(25)32)23-12-6-9-18-8-3-4-10-21(18)23/h2-16,29H,1H3. The molecule has 0 aliphatic carbocycles. The van der Waals surface area contributed by atoms with Crippen molar-refractivity contribution in [1.82, 2.24) is 0 Å². The summed E-state index contributed by atoms with van der Waals surface area (Å²) in [5.74, 6) is -0.760. The number of anilines is 2. The number of imide groups is 1. The van der Waals surface area contributed by atoms with Gasteiger partial charge in [0.15, 0.2) is 0 Å². The van der Waals surface area contributed by atoms with E-state index in [0.717, 1.165) is 22.0 Å². The molecule has 1 aliphatic heterocycles. The molecular formula is C27H19ClN2O2. The zero-order valence-corrected chi connectivity index (χ0v) is 18.1. The third kappa shape index (κ3) is 3.35. The number of rotatable bonds is 4. The lowest BCUT2D eigenvalue weighted by atomic mass is 10.0. The first-order chi connectivity index (χ1) is 15.5. The number of nitrogens with one attached hydrogen (secondary N) is 1. The lowest BCUT2D eigenvalue weighted by molar-refractivity contribution is -0.120. The fraction of sp³-hybridized carbons (Fsp3) is 0.0370. The van der Waals surface area contributed by atoms with Crippen LogP contribution in [0.1, 0.15) is 11.1 Å². The van der Waals surface area contributed by atoms with Gasteiger partial charge in [0.1, 0.15) is 5.70 Å². The van der Waals surface area contributed by atoms with Crippen molar-refractivity contribution < 1.29 is 9.59 Å². The van der Waals surface area contributed by atoms with Crippen LogP contribution in [0.5, 0.6) is 0 Å². The van der Waals surface area contributed by atoms with Gasteiger partial charge in [-0.05, 0) is 47.7 Å². The molecule has 0 unspecified atom stereocenters. The Bertz CT molecular complexity index is 1400. The molecule has 0 bridgehead atoms. The van der Waals surface area contributed by atoms with Crippen molar-refractivity contribution in [2.45, 2.75) is 6.92 Å². The average molecular weight is 439 g/mol. The number of hydrogen-bond acceptors (Lipinski definition) is 3. The summed E-state index contributed by atoms with van der Waals surface area (Å²) in [6.45, 7) is 1.95. The van der Waals surface area contributed by atoms with E-state index < -0.39 is 0 Å². The molecule has 4 nitrogen and oxygen atoms in total. The number of halogens is 1. The van der Waals surface area contributed by atoms with E-state index in [1.807, 2.05) is 67.6 Å². The van der Waals surface area contributed by atoms with E-state index in [0.29, 0.717) is 21.8 Å². The first-order valence-corrected chi connectivity index (χ1v) is 10.6. The van der Waals surface area contributed by atoms with Crippen molar-refractivity contribution in [3.05, 3.63) is 113 Å². The fourth-order valence-electron chi connectivity index (χ4n) is 4.00. The highest BCUT2D eigenvalue weighted by molar-refractivity contribution is 6.47. The van der Waals surface area contributed by atoms with Gasteiger partial charge in [-0.15, -0.1) is 0 Å². The molecular weight excluding hydrogens is 420 g/mol. The second-order valence-corrected chi connectivity index (χ2v) is 8.08. The smallest absolute Gasteiger partial charge is 0.282 e. The van der Waals surface area contributed by atoms with Crippen LogP contribution in [0.15, 0.2) is 96.7 Å². The van der Waals surface area contributed by atoms with E-state index in [9.17, 15) is 9.59 Å². The monoisotopic (exact) mass is 438 g/mol. The first kappa shape index (κ1) is 20.0. The summed E-state index contributed by atoms with van der Waals surface area (Å²) in [4.78, 5) is 28.6. The van der Waals surface area contributed by atoms with Gasteiger partial charge in [0.2, 0.25) is 0 Å². The van der Waals surface area contributed by atoms with Crippen LogP contribution in [-0.2, 0) is 9.59 Å². The van der Waals surface area contributed by atoms with Crippen molar-refractivity contribution in [2.75, 3.05) is 10.2 Å². The van der Waals surface area contributed by atoms with Crippen molar-refractivity contribution in [1.29, 1.82) is 0 Å². The molecule has 0 radical (unpaired) electrons. The molecule has 1 heterocycles. The lowest BCUT2D eigenvalue weighted by Gasteiger charge is -2.18. The molecule has 0 aromatic heterocycles. The molecule has 5 heteroatoms. The summed E-state index contributed by atoms with van der Waals surface area (Å²) >= 11 is 6.07. The van der Waals surface area contributed by atoms with Gasteiger partial charge in [-0.25, -0.2) is 4.90 Å². The summed E-state index contributed by atoms with van der Waals surface area (Å²) in [7, 11) is 0. The molecule has 2 amide bonds. The zero-order valence-electron chi connectivity index (χ0n) is 17.3. The second kappa shape index (κ2) is 7.98. The number of benzene rings is 4. The van der Waals surface area contributed by atoms with E-state index in [1.54, 1.807) is 30.3 Å². The zero-order chi connectivity index (χ0) is 22.2. The van der Waals surface area contributed by atoms with Crippen LogP contribution in [0.2, 0.25) is 5.02 Å². The topological polar surface area (TPSA) is 49.4 Å². The summed E-state index contributed by atoms with van der Waals surface area (Å²) in [5, 5.41) is 5.59. The molecule has 0 saturated heterocycles. The lowest BCUT2D eigenvalue weighted by Crippen LogP contribution is -2.32. The van der Waals surface area contributed by atoms with E-state index >= 15 is 0 Å². The molecule has 0 fully saturated rings. The maximum atomic E-state index is 13.7. The normalized spacial score (nSPS) is 13.9. The van der Waals surface area contributed by atoms with Crippen molar-refractivity contribution in [2.24, 2.45) is 0 Å². The predicted molar refractivity (Wildman–Crippen MR) is 130 cm³/mol. The highest BCUT2D eigenvalue weighted by Crippen LogP contribution is 2.37. The Hall–Kier alpha value is -3.89. The highest BCUT2D eigenvalue weighted by Gasteiger charge is 2.40. The molecule has 4 aromatic carbocycles. The van der Waals surface area contributed by atoms with Crippen LogP contribution in [0.25, 0.3) is 16.3 Å². The molecule has 0 spiro atoms. The van der Waals surface area contributed by atoms with Crippen molar-refractivity contribution in [3.8, 4) is 0 Å². The first-order valence-electron chi connectivity index (χ1n) is 10.2.